The molecular formula is C14H19ClN4. The van der Waals surface area contributed by atoms with Crippen molar-refractivity contribution in [2.24, 2.45) is 0 Å². The van der Waals surface area contributed by atoms with Crippen LogP contribution in [0.1, 0.15) is 31.6 Å². The standard InChI is InChI=1S/C14H19ClN4/c1-11(10-18-6-2-3-7-18)19-13-4-5-16-9-12(13)17-14(19)8-15/h4-5,9,11H,2-3,6-8,10H2,1H3. The smallest absolute Gasteiger partial charge is 0.125 e. The summed E-state index contributed by atoms with van der Waals surface area (Å²) in [6, 6.07) is 2.41. The van der Waals surface area contributed by atoms with Crippen molar-refractivity contribution in [3.8, 4) is 0 Å². The predicted molar refractivity (Wildman–Crippen MR) is 77.5 cm³/mol. The first kappa shape index (κ1) is 12.9. The third-order valence-corrected chi connectivity index (χ3v) is 4.09. The topological polar surface area (TPSA) is 34.0 Å². The van der Waals surface area contributed by atoms with E-state index in [9.17, 15) is 0 Å². The van der Waals surface area contributed by atoms with E-state index in [1.165, 1.54) is 25.9 Å². The minimum atomic E-state index is 0.388. The quantitative estimate of drug-likeness (QED) is 0.807. The number of likely N-dealkylation sites (tertiary alicyclic amines) is 1. The lowest BCUT2D eigenvalue weighted by Crippen LogP contribution is -2.27. The van der Waals surface area contributed by atoms with Crippen LogP contribution in [0.2, 0.25) is 0 Å². The van der Waals surface area contributed by atoms with E-state index < -0.39 is 0 Å². The number of fused-ring (bicyclic) bond motifs is 1. The van der Waals surface area contributed by atoms with Crippen LogP contribution >= 0.6 is 11.6 Å². The number of nitrogens with zero attached hydrogens (tertiary/aromatic N) is 4. The van der Waals surface area contributed by atoms with Crippen LogP contribution in [0.3, 0.4) is 0 Å². The Hall–Kier alpha value is -1.13. The second-order valence-corrected chi connectivity index (χ2v) is 5.52. The molecule has 0 amide bonds. The molecule has 0 aliphatic carbocycles. The molecule has 3 rings (SSSR count). The lowest BCUT2D eigenvalue weighted by atomic mass is 10.3. The Balaban J connectivity index is 1.93. The molecule has 0 aromatic carbocycles. The number of hydrogen-bond acceptors (Lipinski definition) is 3. The molecule has 0 radical (unpaired) electrons. The molecule has 1 fully saturated rings. The van der Waals surface area contributed by atoms with Crippen molar-refractivity contribution >= 4 is 22.6 Å². The average Bonchev–Trinajstić information content (AvgIpc) is 3.04. The molecular weight excluding hydrogens is 260 g/mol. The average molecular weight is 279 g/mol. The molecule has 1 unspecified atom stereocenters. The molecule has 0 saturated carbocycles. The lowest BCUT2D eigenvalue weighted by Gasteiger charge is -2.23. The zero-order valence-corrected chi connectivity index (χ0v) is 12.0. The van der Waals surface area contributed by atoms with E-state index in [4.69, 9.17) is 11.6 Å². The van der Waals surface area contributed by atoms with Crippen molar-refractivity contribution in [1.82, 2.24) is 19.4 Å². The first-order valence-corrected chi connectivity index (χ1v) is 7.42. The third kappa shape index (κ3) is 2.47. The molecule has 2 aromatic heterocycles. The van der Waals surface area contributed by atoms with Gasteiger partial charge in [0.2, 0.25) is 0 Å². The molecule has 2 aromatic rings. The Bertz CT molecular complexity index is 560. The van der Waals surface area contributed by atoms with E-state index in [2.05, 4.69) is 26.4 Å². The fourth-order valence-electron chi connectivity index (χ4n) is 3.01. The van der Waals surface area contributed by atoms with Gasteiger partial charge in [-0.1, -0.05) is 0 Å². The van der Waals surface area contributed by atoms with E-state index in [0.717, 1.165) is 23.4 Å². The molecule has 19 heavy (non-hydrogen) atoms. The van der Waals surface area contributed by atoms with Gasteiger partial charge in [-0.2, -0.15) is 0 Å². The summed E-state index contributed by atoms with van der Waals surface area (Å²) in [4.78, 5) is 11.2. The van der Waals surface area contributed by atoms with E-state index >= 15 is 0 Å². The van der Waals surface area contributed by atoms with Gasteiger partial charge >= 0.3 is 0 Å². The van der Waals surface area contributed by atoms with Crippen LogP contribution < -0.4 is 0 Å². The summed E-state index contributed by atoms with van der Waals surface area (Å²) in [5.74, 6) is 1.38. The molecule has 4 nitrogen and oxygen atoms in total. The Labute approximate surface area is 118 Å². The van der Waals surface area contributed by atoms with Crippen molar-refractivity contribution < 1.29 is 0 Å². The summed E-state index contributed by atoms with van der Waals surface area (Å²) in [6.07, 6.45) is 6.28. The molecule has 1 aliphatic heterocycles. The molecule has 1 aliphatic rings. The summed E-state index contributed by atoms with van der Waals surface area (Å²) in [5.41, 5.74) is 2.07. The number of aromatic nitrogens is 3. The summed E-state index contributed by atoms with van der Waals surface area (Å²) in [7, 11) is 0. The van der Waals surface area contributed by atoms with Gasteiger partial charge < -0.3 is 9.47 Å². The normalized spacial score (nSPS) is 18.2. The molecule has 1 saturated heterocycles. The fourth-order valence-corrected chi connectivity index (χ4v) is 3.20. The number of rotatable bonds is 4. The van der Waals surface area contributed by atoms with E-state index in [-0.39, 0.29) is 0 Å². The Morgan fingerprint density at radius 1 is 1.37 bits per heavy atom. The van der Waals surface area contributed by atoms with Crippen LogP contribution in [0.5, 0.6) is 0 Å². The van der Waals surface area contributed by atoms with E-state index in [1.54, 1.807) is 0 Å². The molecule has 102 valence electrons. The van der Waals surface area contributed by atoms with Crippen LogP contribution in [-0.4, -0.2) is 39.1 Å². The van der Waals surface area contributed by atoms with Gasteiger partial charge in [-0.25, -0.2) is 4.98 Å². The molecule has 5 heteroatoms. The van der Waals surface area contributed by atoms with Crippen LogP contribution in [0.15, 0.2) is 18.5 Å². The number of hydrogen-bond donors (Lipinski definition) is 0. The van der Waals surface area contributed by atoms with Crippen molar-refractivity contribution in [1.29, 1.82) is 0 Å². The van der Waals surface area contributed by atoms with Gasteiger partial charge in [0.05, 0.1) is 17.6 Å². The second kappa shape index (κ2) is 5.47. The van der Waals surface area contributed by atoms with Crippen molar-refractivity contribution in [2.45, 2.75) is 31.7 Å². The van der Waals surface area contributed by atoms with Gasteiger partial charge in [-0.05, 0) is 38.9 Å². The number of alkyl halides is 1. The second-order valence-electron chi connectivity index (χ2n) is 5.25. The monoisotopic (exact) mass is 278 g/mol. The van der Waals surface area contributed by atoms with Gasteiger partial charge in [-0.15, -0.1) is 11.6 Å². The van der Waals surface area contributed by atoms with E-state index in [1.807, 2.05) is 18.5 Å². The molecule has 0 spiro atoms. The maximum absolute atomic E-state index is 6.05. The van der Waals surface area contributed by atoms with Gasteiger partial charge in [-0.3, -0.25) is 4.98 Å². The first-order valence-electron chi connectivity index (χ1n) is 6.88. The van der Waals surface area contributed by atoms with Gasteiger partial charge in [0.1, 0.15) is 11.3 Å². The summed E-state index contributed by atoms with van der Waals surface area (Å²) < 4.78 is 2.27. The fraction of sp³-hybridized carbons (Fsp3) is 0.571. The van der Waals surface area contributed by atoms with Crippen LogP contribution in [0.25, 0.3) is 11.0 Å². The zero-order chi connectivity index (χ0) is 13.2. The number of pyridine rings is 1. The first-order chi connectivity index (χ1) is 9.29. The highest BCUT2D eigenvalue weighted by atomic mass is 35.5. The van der Waals surface area contributed by atoms with Crippen molar-refractivity contribution in [3.63, 3.8) is 0 Å². The Morgan fingerprint density at radius 2 is 2.16 bits per heavy atom. The Morgan fingerprint density at radius 3 is 2.89 bits per heavy atom. The minimum absolute atomic E-state index is 0.388. The molecule has 0 bridgehead atoms. The predicted octanol–water partition coefficient (Wildman–Crippen LogP) is 2.83. The van der Waals surface area contributed by atoms with Crippen LogP contribution in [-0.2, 0) is 5.88 Å². The lowest BCUT2D eigenvalue weighted by molar-refractivity contribution is 0.288. The highest BCUT2D eigenvalue weighted by Gasteiger charge is 2.19. The van der Waals surface area contributed by atoms with Crippen LogP contribution in [0, 0.1) is 0 Å². The zero-order valence-electron chi connectivity index (χ0n) is 11.2. The summed E-state index contributed by atoms with van der Waals surface area (Å²) in [6.45, 7) is 5.75. The molecule has 1 atom stereocenters. The highest BCUT2D eigenvalue weighted by molar-refractivity contribution is 6.16. The van der Waals surface area contributed by atoms with Gasteiger partial charge in [0.15, 0.2) is 0 Å². The highest BCUT2D eigenvalue weighted by Crippen LogP contribution is 2.23. The maximum Gasteiger partial charge on any atom is 0.125 e. The minimum Gasteiger partial charge on any atom is -0.323 e. The summed E-state index contributed by atoms with van der Waals surface area (Å²) >= 11 is 6.05. The largest absolute Gasteiger partial charge is 0.323 e. The SMILES string of the molecule is CC(CN1CCCC1)n1c(CCl)nc2cnccc21. The summed E-state index contributed by atoms with van der Waals surface area (Å²) in [5, 5.41) is 0. The molecule has 0 N–H and O–H groups in total. The van der Waals surface area contributed by atoms with Gasteiger partial charge in [0, 0.05) is 18.8 Å². The number of imidazole rings is 1. The molecule has 3 heterocycles. The maximum atomic E-state index is 6.05. The number of halogens is 1. The van der Waals surface area contributed by atoms with Gasteiger partial charge in [0.25, 0.3) is 0 Å². The third-order valence-electron chi connectivity index (χ3n) is 3.85. The van der Waals surface area contributed by atoms with Crippen molar-refractivity contribution in [3.05, 3.63) is 24.3 Å². The van der Waals surface area contributed by atoms with E-state index in [0.29, 0.717) is 11.9 Å². The Kier molecular flexibility index (Phi) is 3.71. The van der Waals surface area contributed by atoms with Crippen LogP contribution in [0.4, 0.5) is 0 Å². The van der Waals surface area contributed by atoms with Crippen molar-refractivity contribution in [2.75, 3.05) is 19.6 Å².